The van der Waals surface area contributed by atoms with Crippen LogP contribution in [0.4, 0.5) is 11.6 Å². The average molecular weight is 527 g/mol. The number of aromatic nitrogens is 3. The number of hydrogen-bond donors (Lipinski definition) is 2. The Kier molecular flexibility index (Phi) is 9.15. The van der Waals surface area contributed by atoms with Crippen molar-refractivity contribution in [1.82, 2.24) is 20.3 Å². The summed E-state index contributed by atoms with van der Waals surface area (Å²) in [7, 11) is 7.77. The third kappa shape index (κ3) is 7.07. The van der Waals surface area contributed by atoms with E-state index in [0.717, 1.165) is 54.5 Å². The van der Waals surface area contributed by atoms with E-state index in [1.165, 1.54) is 0 Å². The summed E-state index contributed by atoms with van der Waals surface area (Å²) < 4.78 is 11.4. The quantitative estimate of drug-likeness (QED) is 0.411. The van der Waals surface area contributed by atoms with Crippen molar-refractivity contribution in [3.05, 3.63) is 47.6 Å². The van der Waals surface area contributed by atoms with Gasteiger partial charge in [0, 0.05) is 75.4 Å². The first-order valence-corrected chi connectivity index (χ1v) is 12.8. The molecule has 1 aliphatic rings. The van der Waals surface area contributed by atoms with Crippen molar-refractivity contribution in [1.29, 1.82) is 0 Å². The highest BCUT2D eigenvalue weighted by atomic mass is 35.5. The van der Waals surface area contributed by atoms with Crippen molar-refractivity contribution in [2.24, 2.45) is 0 Å². The molecule has 0 amide bonds. The van der Waals surface area contributed by atoms with Gasteiger partial charge < -0.3 is 29.7 Å². The highest BCUT2D eigenvalue weighted by Crippen LogP contribution is 2.31. The fourth-order valence-corrected chi connectivity index (χ4v) is 4.44. The molecule has 9 nitrogen and oxygen atoms in total. The van der Waals surface area contributed by atoms with E-state index in [4.69, 9.17) is 31.0 Å². The lowest BCUT2D eigenvalue weighted by molar-refractivity contribution is 0.0853. The molecule has 0 aliphatic carbocycles. The number of anilines is 2. The summed E-state index contributed by atoms with van der Waals surface area (Å²) in [5.41, 5.74) is 2.39. The molecule has 4 rings (SSSR count). The van der Waals surface area contributed by atoms with E-state index in [1.54, 1.807) is 13.1 Å². The molecular formula is C27H35ClN6O3. The summed E-state index contributed by atoms with van der Waals surface area (Å²) in [6.07, 6.45) is 3.07. The zero-order chi connectivity index (χ0) is 26.4. The molecule has 198 valence electrons. The molecule has 1 unspecified atom stereocenters. The molecule has 0 spiro atoms. The molecule has 3 aromatic rings. The van der Waals surface area contributed by atoms with Crippen LogP contribution in [-0.2, 0) is 4.74 Å². The van der Waals surface area contributed by atoms with Gasteiger partial charge >= 0.3 is 0 Å². The Morgan fingerprint density at radius 2 is 1.86 bits per heavy atom. The van der Waals surface area contributed by atoms with Gasteiger partial charge in [-0.3, -0.25) is 0 Å². The molecule has 3 heterocycles. The third-order valence-corrected chi connectivity index (χ3v) is 6.54. The van der Waals surface area contributed by atoms with Gasteiger partial charge in [0.05, 0.1) is 5.69 Å². The van der Waals surface area contributed by atoms with Crippen LogP contribution in [0.15, 0.2) is 42.6 Å². The third-order valence-electron chi connectivity index (χ3n) is 6.33. The van der Waals surface area contributed by atoms with Gasteiger partial charge in [-0.1, -0.05) is 11.6 Å². The van der Waals surface area contributed by atoms with Crippen molar-refractivity contribution in [3.8, 4) is 28.4 Å². The Hall–Kier alpha value is -2.98. The first-order chi connectivity index (χ1) is 17.8. The maximum Gasteiger partial charge on any atom is 0.162 e. The summed E-state index contributed by atoms with van der Waals surface area (Å²) in [4.78, 5) is 18.6. The molecule has 1 saturated heterocycles. The number of rotatable bonds is 10. The summed E-state index contributed by atoms with van der Waals surface area (Å²) in [5.74, 6) is 2.76. The number of likely N-dealkylation sites (N-methyl/N-ethyl adjacent to an activating group) is 1. The molecule has 37 heavy (non-hydrogen) atoms. The fraction of sp³-hybridized carbons (Fsp3) is 0.444. The zero-order valence-electron chi connectivity index (χ0n) is 21.8. The van der Waals surface area contributed by atoms with Gasteiger partial charge in [0.25, 0.3) is 0 Å². The highest BCUT2D eigenvalue weighted by Gasteiger charge is 2.22. The lowest BCUT2D eigenvalue weighted by atomic mass is 10.1. The lowest BCUT2D eigenvalue weighted by Crippen LogP contribution is -2.37. The van der Waals surface area contributed by atoms with Crippen LogP contribution in [0, 0.1) is 0 Å². The molecule has 0 radical (unpaired) electrons. The second kappa shape index (κ2) is 12.5. The van der Waals surface area contributed by atoms with Crippen molar-refractivity contribution < 1.29 is 14.6 Å². The van der Waals surface area contributed by atoms with E-state index in [2.05, 4.69) is 22.2 Å². The van der Waals surface area contributed by atoms with Gasteiger partial charge in [-0.2, -0.15) is 0 Å². The predicted molar refractivity (Wildman–Crippen MR) is 148 cm³/mol. The van der Waals surface area contributed by atoms with E-state index < -0.39 is 6.10 Å². The van der Waals surface area contributed by atoms with Crippen LogP contribution < -0.4 is 19.9 Å². The highest BCUT2D eigenvalue weighted by molar-refractivity contribution is 6.31. The van der Waals surface area contributed by atoms with Crippen LogP contribution in [0.1, 0.15) is 12.8 Å². The Balaban J connectivity index is 1.72. The molecule has 2 aromatic heterocycles. The Labute approximate surface area is 223 Å². The molecule has 1 atom stereocenters. The fourth-order valence-electron chi connectivity index (χ4n) is 4.22. The molecule has 0 saturated carbocycles. The molecular weight excluding hydrogens is 492 g/mol. The summed E-state index contributed by atoms with van der Waals surface area (Å²) in [6, 6.07) is 11.7. The van der Waals surface area contributed by atoms with Crippen LogP contribution in [0.25, 0.3) is 22.6 Å². The Bertz CT molecular complexity index is 1170. The SMILES string of the molecule is CNCC(O)COc1cc(Cl)cc(-c2nc(-c3ccc(N(C)C)nc3)cc(N(C)C3CCOCC3)n2)c1. The van der Waals surface area contributed by atoms with Gasteiger partial charge in [0.15, 0.2) is 5.82 Å². The number of pyridine rings is 1. The van der Waals surface area contributed by atoms with Crippen molar-refractivity contribution in [3.63, 3.8) is 0 Å². The molecule has 1 aromatic carbocycles. The minimum absolute atomic E-state index is 0.142. The lowest BCUT2D eigenvalue weighted by Gasteiger charge is -2.32. The standard InChI is InChI=1S/C27H35ClN6O3/c1-29-16-22(35)17-37-23-12-19(11-20(28)13-23)27-31-24(18-5-6-25(30-15-18)33(2)3)14-26(32-27)34(4)21-7-9-36-10-8-21/h5-6,11-15,21-22,29,35H,7-10,16-17H2,1-4H3. The molecule has 1 aliphatic heterocycles. The number of ether oxygens (including phenoxy) is 2. The predicted octanol–water partition coefficient (Wildman–Crippen LogP) is 3.50. The monoisotopic (exact) mass is 526 g/mol. The van der Waals surface area contributed by atoms with Crippen LogP contribution in [0.5, 0.6) is 5.75 Å². The number of aliphatic hydroxyl groups excluding tert-OH is 1. The van der Waals surface area contributed by atoms with Crippen LogP contribution in [0.3, 0.4) is 0 Å². The van der Waals surface area contributed by atoms with Gasteiger partial charge in [-0.15, -0.1) is 0 Å². The van der Waals surface area contributed by atoms with Crippen LogP contribution in [0.2, 0.25) is 5.02 Å². The van der Waals surface area contributed by atoms with Crippen LogP contribution in [-0.4, -0.2) is 86.8 Å². The van der Waals surface area contributed by atoms with Crippen LogP contribution >= 0.6 is 11.6 Å². The molecule has 2 N–H and O–H groups in total. The van der Waals surface area contributed by atoms with E-state index in [0.29, 0.717) is 29.2 Å². The largest absolute Gasteiger partial charge is 0.491 e. The first kappa shape index (κ1) is 27.1. The maximum absolute atomic E-state index is 10.0. The van der Waals surface area contributed by atoms with Gasteiger partial charge in [-0.25, -0.2) is 15.0 Å². The molecule has 10 heteroatoms. The smallest absolute Gasteiger partial charge is 0.162 e. The van der Waals surface area contributed by atoms with E-state index >= 15 is 0 Å². The van der Waals surface area contributed by atoms with Crippen molar-refractivity contribution in [2.75, 3.05) is 64.4 Å². The van der Waals surface area contributed by atoms with E-state index in [9.17, 15) is 5.11 Å². The Morgan fingerprint density at radius 3 is 2.54 bits per heavy atom. The van der Waals surface area contributed by atoms with Crippen molar-refractivity contribution in [2.45, 2.75) is 25.0 Å². The number of aliphatic hydroxyl groups is 1. The van der Waals surface area contributed by atoms with Gasteiger partial charge in [-0.05, 0) is 50.2 Å². The molecule has 1 fully saturated rings. The number of nitrogens with zero attached hydrogens (tertiary/aromatic N) is 5. The van der Waals surface area contributed by atoms with Crippen molar-refractivity contribution >= 4 is 23.2 Å². The van der Waals surface area contributed by atoms with E-state index in [1.807, 2.05) is 55.5 Å². The van der Waals surface area contributed by atoms with Gasteiger partial charge in [0.1, 0.15) is 30.1 Å². The summed E-state index contributed by atoms with van der Waals surface area (Å²) >= 11 is 6.45. The minimum Gasteiger partial charge on any atom is -0.491 e. The number of hydrogen-bond acceptors (Lipinski definition) is 9. The number of benzene rings is 1. The maximum atomic E-state index is 10.0. The Morgan fingerprint density at radius 1 is 1.08 bits per heavy atom. The normalized spacial score (nSPS) is 14.9. The van der Waals surface area contributed by atoms with Gasteiger partial charge in [0.2, 0.25) is 0 Å². The summed E-state index contributed by atoms with van der Waals surface area (Å²) in [6.45, 7) is 2.05. The first-order valence-electron chi connectivity index (χ1n) is 12.4. The number of halogens is 1. The van der Waals surface area contributed by atoms with E-state index in [-0.39, 0.29) is 6.61 Å². The number of nitrogens with one attached hydrogen (secondary N) is 1. The average Bonchev–Trinajstić information content (AvgIpc) is 2.91. The second-order valence-electron chi connectivity index (χ2n) is 9.39. The zero-order valence-corrected chi connectivity index (χ0v) is 22.6. The summed E-state index contributed by atoms with van der Waals surface area (Å²) in [5, 5.41) is 13.5. The minimum atomic E-state index is -0.635. The second-order valence-corrected chi connectivity index (χ2v) is 9.82. The molecule has 0 bridgehead atoms. The topological polar surface area (TPSA) is 95.9 Å².